The lowest BCUT2D eigenvalue weighted by atomic mass is 10.1. The summed E-state index contributed by atoms with van der Waals surface area (Å²) in [6.45, 7) is 1.91. The molecule has 88 valence electrons. The highest BCUT2D eigenvalue weighted by Crippen LogP contribution is 2.15. The van der Waals surface area contributed by atoms with Crippen LogP contribution in [0, 0.1) is 0 Å². The fraction of sp³-hybridized carbons (Fsp3) is 0.200. The Kier molecular flexibility index (Phi) is 7.32. The summed E-state index contributed by atoms with van der Waals surface area (Å²) in [5.41, 5.74) is 10.7. The van der Waals surface area contributed by atoms with Gasteiger partial charge >= 0.3 is 0 Å². The van der Waals surface area contributed by atoms with Gasteiger partial charge in [-0.2, -0.15) is 0 Å². The first-order valence-corrected chi connectivity index (χ1v) is 5.28. The summed E-state index contributed by atoms with van der Waals surface area (Å²) in [5, 5.41) is -0.550. The van der Waals surface area contributed by atoms with E-state index in [-0.39, 0.29) is 11.3 Å². The van der Waals surface area contributed by atoms with Crippen molar-refractivity contribution in [2.75, 3.05) is 0 Å². The molecule has 6 heteroatoms. The van der Waals surface area contributed by atoms with Gasteiger partial charge in [0.15, 0.2) is 0 Å². The van der Waals surface area contributed by atoms with E-state index in [0.29, 0.717) is 0 Å². The molecule has 1 amide bonds. The number of carbonyl (C=O) groups excluding carboxylic acids is 1. The predicted octanol–water partition coefficient (Wildman–Crippen LogP) is 2.00. The van der Waals surface area contributed by atoms with Gasteiger partial charge in [0, 0.05) is 0 Å². The number of carbonyl (C=O) groups is 1. The van der Waals surface area contributed by atoms with Crippen molar-refractivity contribution < 1.29 is 9.53 Å². The van der Waals surface area contributed by atoms with E-state index in [1.807, 2.05) is 37.3 Å². The lowest BCUT2D eigenvalue weighted by Crippen LogP contribution is -2.15. The minimum absolute atomic E-state index is 0.0660. The number of nitrogens with two attached hydrogens (primary N) is 2. The minimum atomic E-state index is -0.639. The Labute approximate surface area is 105 Å². The number of hydrogen-bond donors (Lipinski definition) is 3. The normalized spacial score (nSPS) is 10.6. The fourth-order valence-corrected chi connectivity index (χ4v) is 1.11. The van der Waals surface area contributed by atoms with E-state index in [2.05, 4.69) is 30.6 Å². The summed E-state index contributed by atoms with van der Waals surface area (Å²) in [6.07, 6.45) is -0.0660. The number of rotatable bonds is 2. The number of amides is 1. The van der Waals surface area contributed by atoms with Crippen LogP contribution in [0.1, 0.15) is 18.6 Å². The fourth-order valence-electron chi connectivity index (χ4n) is 0.966. The third kappa shape index (κ3) is 8.07. The molecule has 0 aliphatic heterocycles. The van der Waals surface area contributed by atoms with Gasteiger partial charge in [0.2, 0.25) is 0 Å². The molecule has 1 aromatic carbocycles. The topological polar surface area (TPSA) is 78.3 Å². The number of hydrogen-bond acceptors (Lipinski definition) is 3. The van der Waals surface area contributed by atoms with E-state index >= 15 is 0 Å². The maximum atomic E-state index is 9.09. The second-order valence-corrected chi connectivity index (χ2v) is 3.67. The van der Waals surface area contributed by atoms with Gasteiger partial charge in [-0.15, -0.1) is 0 Å². The van der Waals surface area contributed by atoms with Gasteiger partial charge in [0.1, 0.15) is 6.10 Å². The number of ether oxygens (including phenoxy) is 1. The molecular weight excluding hydrogens is 244 g/mol. The summed E-state index contributed by atoms with van der Waals surface area (Å²) in [7, 11) is 0. The highest BCUT2D eigenvalue weighted by Gasteiger charge is 2.04. The van der Waals surface area contributed by atoms with Crippen molar-refractivity contribution in [1.29, 1.82) is 0 Å². The van der Waals surface area contributed by atoms with Crippen LogP contribution >= 0.6 is 24.8 Å². The van der Waals surface area contributed by atoms with Crippen molar-refractivity contribution in [2.45, 2.75) is 13.0 Å². The molecule has 0 aliphatic carbocycles. The third-order valence-corrected chi connectivity index (χ3v) is 1.66. The Hall–Kier alpha value is -1.27. The second-order valence-electron chi connectivity index (χ2n) is 2.83. The Bertz CT molecular complexity index is 340. The van der Waals surface area contributed by atoms with Gasteiger partial charge in [-0.1, -0.05) is 43.0 Å². The van der Waals surface area contributed by atoms with Crippen molar-refractivity contribution in [3.05, 3.63) is 35.9 Å². The molecular formula is C10H14N2O2S2. The average Bonchev–Trinajstić information content (AvgIpc) is 2.17. The van der Waals surface area contributed by atoms with Crippen molar-refractivity contribution in [3.63, 3.8) is 0 Å². The summed E-state index contributed by atoms with van der Waals surface area (Å²) in [6, 6.07) is 9.81. The molecule has 0 saturated carbocycles. The minimum Gasteiger partial charge on any atom is -0.463 e. The molecule has 0 fully saturated rings. The van der Waals surface area contributed by atoms with Gasteiger partial charge in [-0.25, -0.2) is 0 Å². The molecule has 0 radical (unpaired) electrons. The number of benzene rings is 1. The van der Waals surface area contributed by atoms with E-state index in [1.165, 1.54) is 0 Å². The van der Waals surface area contributed by atoms with E-state index in [0.717, 1.165) is 5.56 Å². The standard InChI is InChI=1S/C9H11NOS.CH3NOS/c1-7(11-9(10)12)8-5-3-2-4-6-8;2-1(3)4/h2-7H,1H3,(H2,10,12);(H3,2,3,4). The number of primary amides is 1. The maximum absolute atomic E-state index is 9.09. The summed E-state index contributed by atoms with van der Waals surface area (Å²) in [4.78, 5) is 9.09. The number of thiol groups is 1. The van der Waals surface area contributed by atoms with Gasteiger partial charge in [-0.05, 0) is 24.7 Å². The third-order valence-electron chi connectivity index (χ3n) is 1.56. The molecule has 0 aliphatic rings. The van der Waals surface area contributed by atoms with Crippen LogP contribution in [0.15, 0.2) is 30.3 Å². The predicted molar refractivity (Wildman–Crippen MR) is 71.3 cm³/mol. The summed E-state index contributed by atoms with van der Waals surface area (Å²) < 4.78 is 5.15. The van der Waals surface area contributed by atoms with Crippen LogP contribution in [-0.4, -0.2) is 10.4 Å². The molecule has 4 N–H and O–H groups in total. The lowest BCUT2D eigenvalue weighted by molar-refractivity contribution is 0.216. The van der Waals surface area contributed by atoms with E-state index in [1.54, 1.807) is 0 Å². The first-order valence-electron chi connectivity index (χ1n) is 4.43. The molecule has 16 heavy (non-hydrogen) atoms. The monoisotopic (exact) mass is 258 g/mol. The molecule has 0 spiro atoms. The van der Waals surface area contributed by atoms with Crippen molar-refractivity contribution in [1.82, 2.24) is 0 Å². The Morgan fingerprint density at radius 3 is 2.19 bits per heavy atom. The molecule has 1 atom stereocenters. The molecule has 1 unspecified atom stereocenters. The van der Waals surface area contributed by atoms with Gasteiger partial charge in [0.25, 0.3) is 10.4 Å². The zero-order valence-electron chi connectivity index (χ0n) is 8.79. The first kappa shape index (κ1) is 14.7. The Morgan fingerprint density at radius 2 is 1.81 bits per heavy atom. The molecule has 1 aromatic rings. The van der Waals surface area contributed by atoms with Gasteiger partial charge in [0.05, 0.1) is 0 Å². The quantitative estimate of drug-likeness (QED) is 0.560. The molecule has 0 aromatic heterocycles. The van der Waals surface area contributed by atoms with E-state index in [4.69, 9.17) is 15.3 Å². The van der Waals surface area contributed by atoms with Crippen molar-refractivity contribution >= 4 is 35.3 Å². The molecule has 1 rings (SSSR count). The molecule has 0 bridgehead atoms. The number of thiocarbonyl (C=S) groups is 1. The van der Waals surface area contributed by atoms with Gasteiger partial charge < -0.3 is 16.2 Å². The first-order chi connectivity index (χ1) is 7.43. The van der Waals surface area contributed by atoms with Crippen molar-refractivity contribution in [2.24, 2.45) is 11.5 Å². The Morgan fingerprint density at radius 1 is 1.38 bits per heavy atom. The SMILES string of the molecule is CC(OC(N)=S)c1ccccc1.NC(=O)S. The van der Waals surface area contributed by atoms with E-state index < -0.39 is 5.24 Å². The van der Waals surface area contributed by atoms with Crippen LogP contribution < -0.4 is 11.5 Å². The molecule has 0 heterocycles. The smallest absolute Gasteiger partial charge is 0.273 e. The van der Waals surface area contributed by atoms with Crippen LogP contribution in [0.5, 0.6) is 0 Å². The molecule has 4 nitrogen and oxygen atoms in total. The Balaban J connectivity index is 0.000000487. The average molecular weight is 258 g/mol. The van der Waals surface area contributed by atoms with Crippen LogP contribution in [0.4, 0.5) is 4.79 Å². The van der Waals surface area contributed by atoms with E-state index in [9.17, 15) is 0 Å². The summed E-state index contributed by atoms with van der Waals surface area (Å²) >= 11 is 7.73. The molecule has 0 saturated heterocycles. The van der Waals surface area contributed by atoms with Gasteiger partial charge in [-0.3, -0.25) is 4.79 Å². The highest BCUT2D eigenvalue weighted by molar-refractivity contribution is 7.96. The lowest BCUT2D eigenvalue weighted by Gasteiger charge is -2.12. The van der Waals surface area contributed by atoms with Crippen LogP contribution in [0.3, 0.4) is 0 Å². The van der Waals surface area contributed by atoms with Crippen molar-refractivity contribution in [3.8, 4) is 0 Å². The second kappa shape index (κ2) is 7.95. The van der Waals surface area contributed by atoms with Crippen LogP contribution in [0.25, 0.3) is 0 Å². The zero-order chi connectivity index (χ0) is 12.6. The zero-order valence-corrected chi connectivity index (χ0v) is 10.5. The van der Waals surface area contributed by atoms with Crippen LogP contribution in [-0.2, 0) is 4.74 Å². The summed E-state index contributed by atoms with van der Waals surface area (Å²) in [5.74, 6) is 0. The highest BCUT2D eigenvalue weighted by atomic mass is 32.1. The largest absolute Gasteiger partial charge is 0.463 e. The maximum Gasteiger partial charge on any atom is 0.273 e. The van der Waals surface area contributed by atoms with Crippen LogP contribution in [0.2, 0.25) is 0 Å².